The van der Waals surface area contributed by atoms with Crippen LogP contribution in [0.4, 0.5) is 5.13 Å². The number of sulfonamides is 1. The molecule has 214 valence electrons. The van der Waals surface area contributed by atoms with Gasteiger partial charge in [0.05, 0.1) is 23.3 Å². The highest BCUT2D eigenvalue weighted by atomic mass is 32.2. The highest BCUT2D eigenvalue weighted by Crippen LogP contribution is 2.62. The standard InChI is InChI=1S/C30H37N3O5S2/c1-19-9-11-21(12-10-19)40(37,38)33-28-32-27-22(15-26(36)31-17-20-7-5-4-6-8-20)29(2)14-13-25(35)30(3,18-34)24(29)16-23(27)39-28/h4-12,22,24-25,34-35H,13-18H2,1-3H3,(H,31,36)(H,32,33)/t22-,24+,25-,29+,30+/m1/s1. The molecule has 0 saturated heterocycles. The van der Waals surface area contributed by atoms with Crippen LogP contribution in [0.25, 0.3) is 0 Å². The molecule has 8 nitrogen and oxygen atoms in total. The number of rotatable bonds is 8. The Balaban J connectivity index is 1.48. The minimum Gasteiger partial charge on any atom is -0.396 e. The number of anilines is 1. The summed E-state index contributed by atoms with van der Waals surface area (Å²) in [6.07, 6.45) is 1.24. The molecule has 1 amide bonds. The minimum atomic E-state index is -3.85. The summed E-state index contributed by atoms with van der Waals surface area (Å²) < 4.78 is 28.9. The largest absolute Gasteiger partial charge is 0.396 e. The van der Waals surface area contributed by atoms with E-state index >= 15 is 0 Å². The van der Waals surface area contributed by atoms with E-state index in [0.29, 0.717) is 25.8 Å². The third-order valence-corrected chi connectivity index (χ3v) is 11.7. The van der Waals surface area contributed by atoms with Gasteiger partial charge in [-0.25, -0.2) is 13.4 Å². The van der Waals surface area contributed by atoms with Crippen molar-refractivity contribution in [2.24, 2.45) is 16.7 Å². The molecule has 1 fully saturated rings. The van der Waals surface area contributed by atoms with Gasteiger partial charge in [0.1, 0.15) is 0 Å². The lowest BCUT2D eigenvalue weighted by Crippen LogP contribution is -2.57. The van der Waals surface area contributed by atoms with Gasteiger partial charge in [0.15, 0.2) is 5.13 Å². The van der Waals surface area contributed by atoms with Crippen molar-refractivity contribution >= 4 is 32.4 Å². The molecule has 0 unspecified atom stereocenters. The number of aryl methyl sites for hydroxylation is 1. The molecule has 5 rings (SSSR count). The normalized spacial score (nSPS) is 27.9. The maximum atomic E-state index is 13.3. The first-order valence-electron chi connectivity index (χ1n) is 13.6. The predicted octanol–water partition coefficient (Wildman–Crippen LogP) is 4.37. The van der Waals surface area contributed by atoms with Gasteiger partial charge >= 0.3 is 0 Å². The first-order chi connectivity index (χ1) is 19.0. The molecule has 0 bridgehead atoms. The summed E-state index contributed by atoms with van der Waals surface area (Å²) in [5, 5.41) is 24.7. The van der Waals surface area contributed by atoms with E-state index in [4.69, 9.17) is 4.98 Å². The summed E-state index contributed by atoms with van der Waals surface area (Å²) in [6.45, 7) is 6.17. The van der Waals surface area contributed by atoms with Crippen molar-refractivity contribution in [2.45, 2.75) is 69.9 Å². The van der Waals surface area contributed by atoms with Crippen LogP contribution >= 0.6 is 11.3 Å². The second-order valence-corrected chi connectivity index (χ2v) is 14.5. The smallest absolute Gasteiger partial charge is 0.263 e. The Bertz CT molecular complexity index is 1470. The fourth-order valence-electron chi connectivity index (χ4n) is 6.63. The van der Waals surface area contributed by atoms with Gasteiger partial charge < -0.3 is 15.5 Å². The van der Waals surface area contributed by atoms with Crippen LogP contribution in [-0.4, -0.2) is 42.2 Å². The fraction of sp³-hybridized carbons (Fsp3) is 0.467. The van der Waals surface area contributed by atoms with E-state index < -0.39 is 27.0 Å². The summed E-state index contributed by atoms with van der Waals surface area (Å²) >= 11 is 1.27. The number of nitrogens with zero attached hydrogens (tertiary/aromatic N) is 1. The van der Waals surface area contributed by atoms with E-state index in [0.717, 1.165) is 21.7 Å². The summed E-state index contributed by atoms with van der Waals surface area (Å²) in [5.41, 5.74) is 1.52. The van der Waals surface area contributed by atoms with Crippen LogP contribution in [0.5, 0.6) is 0 Å². The third kappa shape index (κ3) is 5.30. The second-order valence-electron chi connectivity index (χ2n) is 11.7. The average molecular weight is 584 g/mol. The minimum absolute atomic E-state index is 0.116. The fourth-order valence-corrected chi connectivity index (χ4v) is 8.94. The van der Waals surface area contributed by atoms with Crippen molar-refractivity contribution in [1.82, 2.24) is 10.3 Å². The molecule has 4 N–H and O–H groups in total. The molecule has 3 aromatic rings. The van der Waals surface area contributed by atoms with Crippen LogP contribution in [0.2, 0.25) is 0 Å². The van der Waals surface area contributed by atoms with E-state index in [-0.39, 0.29) is 40.8 Å². The molecule has 0 aliphatic heterocycles. The van der Waals surface area contributed by atoms with Crippen molar-refractivity contribution in [3.63, 3.8) is 0 Å². The second kappa shape index (κ2) is 10.9. The highest BCUT2D eigenvalue weighted by Gasteiger charge is 2.59. The molecule has 1 aromatic heterocycles. The summed E-state index contributed by atoms with van der Waals surface area (Å²) in [5.74, 6) is -0.534. The first-order valence-corrected chi connectivity index (χ1v) is 15.9. The van der Waals surface area contributed by atoms with Crippen LogP contribution in [0, 0.1) is 23.7 Å². The molecular weight excluding hydrogens is 546 g/mol. The SMILES string of the molecule is Cc1ccc(S(=O)(=O)Nc2nc3c(s2)C[C@@H]2[C@](C)(CO)[C@H](O)CC[C@@]2(C)[C@@H]3CC(=O)NCc2ccccc2)cc1. The number of thiazole rings is 1. The Morgan fingerprint density at radius 1 is 1.12 bits per heavy atom. The van der Waals surface area contributed by atoms with E-state index in [1.54, 1.807) is 24.3 Å². The van der Waals surface area contributed by atoms with Crippen LogP contribution in [0.15, 0.2) is 59.5 Å². The first kappa shape index (κ1) is 28.7. The maximum Gasteiger partial charge on any atom is 0.263 e. The van der Waals surface area contributed by atoms with Gasteiger partial charge in [0.25, 0.3) is 10.0 Å². The molecular formula is C30H37N3O5S2. The molecule has 0 radical (unpaired) electrons. The number of fused-ring (bicyclic) bond motifs is 2. The zero-order chi connectivity index (χ0) is 28.7. The monoisotopic (exact) mass is 583 g/mol. The molecule has 1 saturated carbocycles. The van der Waals surface area contributed by atoms with Gasteiger partial charge in [-0.1, -0.05) is 61.9 Å². The Morgan fingerprint density at radius 2 is 1.82 bits per heavy atom. The quantitative estimate of drug-likeness (QED) is 0.312. The molecule has 2 aliphatic rings. The van der Waals surface area contributed by atoms with Crippen LogP contribution in [0.3, 0.4) is 0 Å². The number of carbonyl (C=O) groups excluding carboxylic acids is 1. The van der Waals surface area contributed by atoms with E-state index in [9.17, 15) is 23.4 Å². The van der Waals surface area contributed by atoms with Crippen molar-refractivity contribution in [3.8, 4) is 0 Å². The van der Waals surface area contributed by atoms with Crippen LogP contribution < -0.4 is 10.0 Å². The number of nitrogens with one attached hydrogen (secondary N) is 2. The number of aliphatic hydroxyl groups is 2. The molecule has 10 heteroatoms. The Hall–Kier alpha value is -2.79. The molecule has 1 heterocycles. The van der Waals surface area contributed by atoms with Crippen molar-refractivity contribution in [1.29, 1.82) is 0 Å². The average Bonchev–Trinajstić information content (AvgIpc) is 3.33. The zero-order valence-electron chi connectivity index (χ0n) is 23.1. The van der Waals surface area contributed by atoms with E-state index in [1.165, 1.54) is 11.3 Å². The highest BCUT2D eigenvalue weighted by molar-refractivity contribution is 7.93. The lowest BCUT2D eigenvalue weighted by molar-refractivity contribution is -0.144. The Labute approximate surface area is 239 Å². The summed E-state index contributed by atoms with van der Waals surface area (Å²) in [4.78, 5) is 19.1. The molecule has 2 aromatic carbocycles. The number of amides is 1. The van der Waals surface area contributed by atoms with E-state index in [1.807, 2.05) is 44.2 Å². The number of aromatic nitrogens is 1. The number of carbonyl (C=O) groups is 1. The molecule has 40 heavy (non-hydrogen) atoms. The van der Waals surface area contributed by atoms with Crippen molar-refractivity contribution in [3.05, 3.63) is 76.3 Å². The van der Waals surface area contributed by atoms with Gasteiger partial charge in [-0.05, 0) is 55.2 Å². The maximum absolute atomic E-state index is 13.3. The van der Waals surface area contributed by atoms with Crippen LogP contribution in [0.1, 0.15) is 60.7 Å². The number of aliphatic hydroxyl groups excluding tert-OH is 2. The van der Waals surface area contributed by atoms with Gasteiger partial charge in [0.2, 0.25) is 5.91 Å². The third-order valence-electron chi connectivity index (χ3n) is 9.17. The Kier molecular flexibility index (Phi) is 7.82. The lowest BCUT2D eigenvalue weighted by atomic mass is 9.47. The van der Waals surface area contributed by atoms with Gasteiger partial charge in [0, 0.05) is 29.2 Å². The van der Waals surface area contributed by atoms with Gasteiger partial charge in [-0.2, -0.15) is 0 Å². The number of benzene rings is 2. The number of hydrogen-bond acceptors (Lipinski definition) is 7. The summed E-state index contributed by atoms with van der Waals surface area (Å²) in [6, 6.07) is 16.3. The van der Waals surface area contributed by atoms with Crippen molar-refractivity contribution in [2.75, 3.05) is 11.3 Å². The zero-order valence-corrected chi connectivity index (χ0v) is 24.7. The number of hydrogen-bond donors (Lipinski definition) is 4. The van der Waals surface area contributed by atoms with Crippen molar-refractivity contribution < 1.29 is 23.4 Å². The molecule has 5 atom stereocenters. The summed E-state index contributed by atoms with van der Waals surface area (Å²) in [7, 11) is -3.85. The Morgan fingerprint density at radius 3 is 2.50 bits per heavy atom. The van der Waals surface area contributed by atoms with Gasteiger partial charge in [-0.3, -0.25) is 9.52 Å². The predicted molar refractivity (Wildman–Crippen MR) is 155 cm³/mol. The van der Waals surface area contributed by atoms with E-state index in [2.05, 4.69) is 17.0 Å². The topological polar surface area (TPSA) is 129 Å². The molecule has 0 spiro atoms. The molecule has 2 aliphatic carbocycles. The lowest BCUT2D eigenvalue weighted by Gasteiger charge is -2.58. The van der Waals surface area contributed by atoms with Crippen LogP contribution in [-0.2, 0) is 27.8 Å². The van der Waals surface area contributed by atoms with Gasteiger partial charge in [-0.15, -0.1) is 11.3 Å².